The highest BCUT2D eigenvalue weighted by Crippen LogP contribution is 2.34. The third-order valence-corrected chi connectivity index (χ3v) is 6.33. The topological polar surface area (TPSA) is 55.7 Å². The molecule has 4 nitrogen and oxygen atoms in total. The second-order valence-corrected chi connectivity index (χ2v) is 8.42. The average Bonchev–Trinajstić information content (AvgIpc) is 3.40. The standard InChI is InChI=1S/C19H11F2N3OS3/c20-11-5-6-12(13(21)9-11)14(25)10-28-19-22-17(15-3-1-7-26-15)18(23-24-19)16-4-2-8-27-16/h1-9H,10H2. The van der Waals surface area contributed by atoms with E-state index in [1.165, 1.54) is 11.3 Å². The van der Waals surface area contributed by atoms with Gasteiger partial charge in [0, 0.05) is 6.07 Å². The molecule has 4 rings (SSSR count). The van der Waals surface area contributed by atoms with Gasteiger partial charge in [0.1, 0.15) is 23.0 Å². The molecular weight excluding hydrogens is 420 g/mol. The van der Waals surface area contributed by atoms with Gasteiger partial charge in [-0.2, -0.15) is 0 Å². The number of carbonyl (C=O) groups is 1. The summed E-state index contributed by atoms with van der Waals surface area (Å²) in [6.45, 7) is 0. The second kappa shape index (κ2) is 8.26. The number of nitrogens with zero attached hydrogens (tertiary/aromatic N) is 3. The first kappa shape index (κ1) is 18.9. The number of halogens is 2. The van der Waals surface area contributed by atoms with Gasteiger partial charge in [-0.1, -0.05) is 23.9 Å². The van der Waals surface area contributed by atoms with E-state index in [1.54, 1.807) is 11.3 Å². The van der Waals surface area contributed by atoms with Crippen LogP contribution in [0.4, 0.5) is 8.78 Å². The van der Waals surface area contributed by atoms with E-state index in [0.29, 0.717) is 22.6 Å². The number of ketones is 1. The molecular formula is C19H11F2N3OS3. The highest BCUT2D eigenvalue weighted by Gasteiger charge is 2.17. The van der Waals surface area contributed by atoms with Gasteiger partial charge in [0.25, 0.3) is 0 Å². The maximum atomic E-state index is 13.8. The van der Waals surface area contributed by atoms with Crippen LogP contribution in [0.2, 0.25) is 0 Å². The Kier molecular flexibility index (Phi) is 5.56. The molecule has 0 atom stereocenters. The Labute approximate surface area is 171 Å². The lowest BCUT2D eigenvalue weighted by Crippen LogP contribution is -2.07. The van der Waals surface area contributed by atoms with Crippen molar-refractivity contribution in [2.24, 2.45) is 0 Å². The van der Waals surface area contributed by atoms with Gasteiger partial charge in [-0.05, 0) is 35.0 Å². The molecule has 4 aromatic rings. The van der Waals surface area contributed by atoms with Gasteiger partial charge >= 0.3 is 0 Å². The fraction of sp³-hybridized carbons (Fsp3) is 0.0526. The molecule has 3 aromatic heterocycles. The van der Waals surface area contributed by atoms with Gasteiger partial charge < -0.3 is 0 Å². The molecule has 0 amide bonds. The number of hydrogen-bond donors (Lipinski definition) is 0. The van der Waals surface area contributed by atoms with Crippen molar-refractivity contribution in [1.82, 2.24) is 15.2 Å². The number of thioether (sulfide) groups is 1. The summed E-state index contributed by atoms with van der Waals surface area (Å²) in [4.78, 5) is 18.7. The molecule has 140 valence electrons. The zero-order chi connectivity index (χ0) is 19.5. The van der Waals surface area contributed by atoms with Crippen molar-refractivity contribution < 1.29 is 13.6 Å². The fourth-order valence-electron chi connectivity index (χ4n) is 2.46. The van der Waals surface area contributed by atoms with Crippen molar-refractivity contribution in [3.8, 4) is 21.1 Å². The van der Waals surface area contributed by atoms with Crippen LogP contribution in [0.15, 0.2) is 58.4 Å². The summed E-state index contributed by atoms with van der Waals surface area (Å²) in [6.07, 6.45) is 0. The summed E-state index contributed by atoms with van der Waals surface area (Å²) in [7, 11) is 0. The van der Waals surface area contributed by atoms with Crippen LogP contribution in [0.3, 0.4) is 0 Å². The van der Waals surface area contributed by atoms with Crippen LogP contribution in [0.5, 0.6) is 0 Å². The molecule has 9 heteroatoms. The Bertz CT molecular complexity index is 1120. The number of aromatic nitrogens is 3. The van der Waals surface area contributed by atoms with Crippen LogP contribution in [-0.4, -0.2) is 26.7 Å². The summed E-state index contributed by atoms with van der Waals surface area (Å²) in [5.41, 5.74) is 1.21. The van der Waals surface area contributed by atoms with Crippen molar-refractivity contribution in [3.63, 3.8) is 0 Å². The van der Waals surface area contributed by atoms with Crippen LogP contribution in [-0.2, 0) is 0 Å². The van der Waals surface area contributed by atoms with E-state index in [2.05, 4.69) is 15.2 Å². The monoisotopic (exact) mass is 431 g/mol. The number of hydrogen-bond acceptors (Lipinski definition) is 7. The fourth-order valence-corrected chi connectivity index (χ4v) is 4.55. The molecule has 0 saturated carbocycles. The second-order valence-electron chi connectivity index (χ2n) is 5.58. The van der Waals surface area contributed by atoms with Gasteiger partial charge in [0.2, 0.25) is 5.16 Å². The van der Waals surface area contributed by atoms with Gasteiger partial charge in [0.05, 0.1) is 21.1 Å². The predicted molar refractivity (Wildman–Crippen MR) is 108 cm³/mol. The smallest absolute Gasteiger partial charge is 0.210 e. The highest BCUT2D eigenvalue weighted by atomic mass is 32.2. The summed E-state index contributed by atoms with van der Waals surface area (Å²) in [5.74, 6) is -2.14. The van der Waals surface area contributed by atoms with E-state index in [-0.39, 0.29) is 11.3 Å². The quantitative estimate of drug-likeness (QED) is 0.295. The maximum Gasteiger partial charge on any atom is 0.210 e. The lowest BCUT2D eigenvalue weighted by molar-refractivity contribution is 0.101. The number of benzene rings is 1. The molecule has 28 heavy (non-hydrogen) atoms. The molecule has 0 aliphatic carbocycles. The van der Waals surface area contributed by atoms with Crippen molar-refractivity contribution in [2.75, 3.05) is 5.75 Å². The Morgan fingerprint density at radius 2 is 1.68 bits per heavy atom. The lowest BCUT2D eigenvalue weighted by atomic mass is 10.1. The summed E-state index contributed by atoms with van der Waals surface area (Å²) >= 11 is 4.14. The number of thiophene rings is 2. The largest absolute Gasteiger partial charge is 0.293 e. The van der Waals surface area contributed by atoms with Crippen molar-refractivity contribution in [2.45, 2.75) is 5.16 Å². The Morgan fingerprint density at radius 1 is 0.964 bits per heavy atom. The zero-order valence-electron chi connectivity index (χ0n) is 14.1. The van der Waals surface area contributed by atoms with E-state index in [4.69, 9.17) is 0 Å². The van der Waals surface area contributed by atoms with Gasteiger partial charge in [-0.15, -0.1) is 32.9 Å². The number of Topliss-reactive ketones (excluding diaryl/α,β-unsaturated/α-hetero) is 1. The van der Waals surface area contributed by atoms with Crippen molar-refractivity contribution in [3.05, 3.63) is 70.4 Å². The van der Waals surface area contributed by atoms with E-state index < -0.39 is 17.4 Å². The van der Waals surface area contributed by atoms with Gasteiger partial charge in [-0.3, -0.25) is 4.79 Å². The first-order valence-electron chi connectivity index (χ1n) is 8.05. The summed E-state index contributed by atoms with van der Waals surface area (Å²) in [5, 5.41) is 12.6. The zero-order valence-corrected chi connectivity index (χ0v) is 16.6. The van der Waals surface area contributed by atoms with Crippen LogP contribution >= 0.6 is 34.4 Å². The maximum absolute atomic E-state index is 13.8. The molecule has 0 saturated heterocycles. The predicted octanol–water partition coefficient (Wildman–Crippen LogP) is 5.58. The van der Waals surface area contributed by atoms with Crippen molar-refractivity contribution in [1.29, 1.82) is 0 Å². The first-order valence-corrected chi connectivity index (χ1v) is 10.8. The lowest BCUT2D eigenvalue weighted by Gasteiger charge is -2.06. The minimum Gasteiger partial charge on any atom is -0.293 e. The Balaban J connectivity index is 1.59. The normalized spacial score (nSPS) is 10.9. The van der Waals surface area contributed by atoms with Gasteiger partial charge in [0.15, 0.2) is 5.78 Å². The molecule has 1 aromatic carbocycles. The molecule has 0 aliphatic heterocycles. The Hall–Kier alpha value is -2.49. The number of carbonyl (C=O) groups excluding carboxylic acids is 1. The highest BCUT2D eigenvalue weighted by molar-refractivity contribution is 7.99. The minimum atomic E-state index is -0.878. The molecule has 3 heterocycles. The van der Waals surface area contributed by atoms with Crippen molar-refractivity contribution >= 4 is 40.2 Å². The number of rotatable bonds is 6. The molecule has 0 fully saturated rings. The van der Waals surface area contributed by atoms with Gasteiger partial charge in [-0.25, -0.2) is 13.8 Å². The van der Waals surface area contributed by atoms with Crippen LogP contribution < -0.4 is 0 Å². The van der Waals surface area contributed by atoms with E-state index >= 15 is 0 Å². The molecule has 0 aliphatic rings. The molecule has 0 spiro atoms. The SMILES string of the molecule is O=C(CSc1nnc(-c2cccs2)c(-c2cccs2)n1)c1ccc(F)cc1F. The molecule has 0 radical (unpaired) electrons. The first-order chi connectivity index (χ1) is 13.6. The van der Waals surface area contributed by atoms with E-state index in [9.17, 15) is 13.6 Å². The molecule has 0 unspecified atom stereocenters. The average molecular weight is 432 g/mol. The Morgan fingerprint density at radius 3 is 2.32 bits per heavy atom. The third kappa shape index (κ3) is 4.01. The van der Waals surface area contributed by atoms with Crippen LogP contribution in [0, 0.1) is 11.6 Å². The van der Waals surface area contributed by atoms with Crippen LogP contribution in [0.25, 0.3) is 21.1 Å². The van der Waals surface area contributed by atoms with E-state index in [0.717, 1.165) is 33.6 Å². The third-order valence-electron chi connectivity index (χ3n) is 3.74. The minimum absolute atomic E-state index is 0.0769. The summed E-state index contributed by atoms with van der Waals surface area (Å²) in [6, 6.07) is 10.6. The molecule has 0 bridgehead atoms. The van der Waals surface area contributed by atoms with Crippen LogP contribution in [0.1, 0.15) is 10.4 Å². The molecule has 0 N–H and O–H groups in total. The summed E-state index contributed by atoms with van der Waals surface area (Å²) < 4.78 is 26.8. The van der Waals surface area contributed by atoms with E-state index in [1.807, 2.05) is 35.0 Å².